The van der Waals surface area contributed by atoms with Crippen LogP contribution < -0.4 is 4.74 Å². The number of carbonyl (C=O) groups excluding carboxylic acids is 1. The van der Waals surface area contributed by atoms with Crippen molar-refractivity contribution in [2.75, 3.05) is 7.11 Å². The lowest BCUT2D eigenvalue weighted by Crippen LogP contribution is -2.05. The van der Waals surface area contributed by atoms with E-state index in [0.717, 1.165) is 11.3 Å². The molecular weight excluding hydrogens is 230 g/mol. The number of rotatable bonds is 4. The number of esters is 1. The summed E-state index contributed by atoms with van der Waals surface area (Å²) in [5.74, 6) is 0.110. The van der Waals surface area contributed by atoms with Crippen molar-refractivity contribution in [2.45, 2.75) is 20.0 Å². The summed E-state index contributed by atoms with van der Waals surface area (Å²) in [7, 11) is 1.24. The molecule has 0 amide bonds. The van der Waals surface area contributed by atoms with Gasteiger partial charge in [-0.05, 0) is 37.6 Å². The number of nitriles is 1. The number of hydrogen-bond acceptors (Lipinski definition) is 4. The van der Waals surface area contributed by atoms with Crippen LogP contribution in [0.5, 0.6) is 5.75 Å². The average Bonchev–Trinajstić information content (AvgIpc) is 2.36. The number of nitrogens with zero attached hydrogens (tertiary/aromatic N) is 1. The third-order valence-electron chi connectivity index (χ3n) is 2.09. The molecule has 4 heteroatoms. The molecule has 0 aromatic heterocycles. The Morgan fingerprint density at radius 2 is 1.94 bits per heavy atom. The van der Waals surface area contributed by atoms with Gasteiger partial charge in [0, 0.05) is 0 Å². The van der Waals surface area contributed by atoms with E-state index in [1.807, 2.05) is 13.8 Å². The van der Waals surface area contributed by atoms with Gasteiger partial charge < -0.3 is 9.47 Å². The summed E-state index contributed by atoms with van der Waals surface area (Å²) in [6.07, 6.45) is 1.58. The molecule has 1 aromatic rings. The molecule has 0 saturated heterocycles. The summed E-state index contributed by atoms with van der Waals surface area (Å²) in [6, 6.07) is 8.93. The summed E-state index contributed by atoms with van der Waals surface area (Å²) in [5, 5.41) is 8.82. The molecule has 0 saturated carbocycles. The Kier molecular flexibility index (Phi) is 4.94. The monoisotopic (exact) mass is 245 g/mol. The third kappa shape index (κ3) is 3.95. The zero-order valence-corrected chi connectivity index (χ0v) is 10.6. The maximum Gasteiger partial charge on any atom is 0.348 e. The van der Waals surface area contributed by atoms with Gasteiger partial charge in [0.15, 0.2) is 0 Å². The molecule has 1 rings (SSSR count). The molecular formula is C14H15NO3. The fraction of sp³-hybridized carbons (Fsp3) is 0.286. The second kappa shape index (κ2) is 6.45. The lowest BCUT2D eigenvalue weighted by molar-refractivity contribution is -0.135. The average molecular weight is 245 g/mol. The van der Waals surface area contributed by atoms with Gasteiger partial charge in [0.1, 0.15) is 17.4 Å². The minimum atomic E-state index is -0.639. The highest BCUT2D eigenvalue weighted by Gasteiger charge is 2.08. The SMILES string of the molecule is COC(=O)/C(C#N)=C/c1ccc(OC(C)C)cc1. The first-order valence-corrected chi connectivity index (χ1v) is 5.53. The molecule has 0 unspecified atom stereocenters. The van der Waals surface area contributed by atoms with Crippen LogP contribution in [0.4, 0.5) is 0 Å². The predicted molar refractivity (Wildman–Crippen MR) is 67.8 cm³/mol. The molecule has 0 aliphatic heterocycles. The Morgan fingerprint density at radius 3 is 2.39 bits per heavy atom. The van der Waals surface area contributed by atoms with E-state index in [9.17, 15) is 4.79 Å². The van der Waals surface area contributed by atoms with Crippen LogP contribution in [0.1, 0.15) is 19.4 Å². The van der Waals surface area contributed by atoms with Crippen molar-refractivity contribution in [1.29, 1.82) is 5.26 Å². The van der Waals surface area contributed by atoms with E-state index in [0.29, 0.717) is 0 Å². The molecule has 18 heavy (non-hydrogen) atoms. The minimum Gasteiger partial charge on any atom is -0.491 e. The summed E-state index contributed by atoms with van der Waals surface area (Å²) in [4.78, 5) is 11.2. The summed E-state index contributed by atoms with van der Waals surface area (Å²) in [6.45, 7) is 3.89. The van der Waals surface area contributed by atoms with Gasteiger partial charge in [-0.3, -0.25) is 0 Å². The van der Waals surface area contributed by atoms with Crippen molar-refractivity contribution >= 4 is 12.0 Å². The van der Waals surface area contributed by atoms with Crippen molar-refractivity contribution in [3.8, 4) is 11.8 Å². The molecule has 1 aromatic carbocycles. The molecule has 0 bridgehead atoms. The van der Waals surface area contributed by atoms with E-state index >= 15 is 0 Å². The minimum absolute atomic E-state index is 0.0324. The maximum atomic E-state index is 11.2. The summed E-state index contributed by atoms with van der Waals surface area (Å²) >= 11 is 0. The van der Waals surface area contributed by atoms with E-state index < -0.39 is 5.97 Å². The van der Waals surface area contributed by atoms with Crippen molar-refractivity contribution in [1.82, 2.24) is 0 Å². The van der Waals surface area contributed by atoms with Gasteiger partial charge in [-0.1, -0.05) is 12.1 Å². The van der Waals surface area contributed by atoms with Gasteiger partial charge in [-0.15, -0.1) is 0 Å². The van der Waals surface area contributed by atoms with Crippen molar-refractivity contribution in [3.05, 3.63) is 35.4 Å². The standard InChI is InChI=1S/C14H15NO3/c1-10(2)18-13-6-4-11(5-7-13)8-12(9-15)14(16)17-3/h4-8,10H,1-3H3/b12-8+. The molecule has 94 valence electrons. The highest BCUT2D eigenvalue weighted by molar-refractivity contribution is 5.97. The van der Waals surface area contributed by atoms with Crippen molar-refractivity contribution in [2.24, 2.45) is 0 Å². The number of benzene rings is 1. The normalized spacial score (nSPS) is 10.9. The Morgan fingerprint density at radius 1 is 1.33 bits per heavy atom. The van der Waals surface area contributed by atoms with Gasteiger partial charge in [-0.2, -0.15) is 5.26 Å². The zero-order chi connectivity index (χ0) is 13.5. The van der Waals surface area contributed by atoms with E-state index in [1.165, 1.54) is 13.2 Å². The van der Waals surface area contributed by atoms with Crippen LogP contribution in [0.25, 0.3) is 6.08 Å². The van der Waals surface area contributed by atoms with Crippen LogP contribution in [-0.4, -0.2) is 19.2 Å². The van der Waals surface area contributed by atoms with Gasteiger partial charge in [-0.25, -0.2) is 4.79 Å². The van der Waals surface area contributed by atoms with Crippen molar-refractivity contribution in [3.63, 3.8) is 0 Å². The lowest BCUT2D eigenvalue weighted by Gasteiger charge is -2.09. The summed E-state index contributed by atoms with van der Waals surface area (Å²) < 4.78 is 9.99. The van der Waals surface area contributed by atoms with Crippen LogP contribution in [-0.2, 0) is 9.53 Å². The molecule has 0 fully saturated rings. The zero-order valence-electron chi connectivity index (χ0n) is 10.6. The number of carbonyl (C=O) groups is 1. The molecule has 4 nitrogen and oxygen atoms in total. The molecule has 0 aliphatic rings. The first-order valence-electron chi connectivity index (χ1n) is 5.53. The van der Waals surface area contributed by atoms with E-state index in [1.54, 1.807) is 30.3 Å². The fourth-order valence-corrected chi connectivity index (χ4v) is 1.33. The molecule has 0 aliphatic carbocycles. The molecule has 0 radical (unpaired) electrons. The molecule has 0 atom stereocenters. The smallest absolute Gasteiger partial charge is 0.348 e. The first-order chi connectivity index (χ1) is 8.56. The first kappa shape index (κ1) is 13.8. The van der Waals surface area contributed by atoms with Crippen LogP contribution in [0, 0.1) is 11.3 Å². The Balaban J connectivity index is 2.89. The van der Waals surface area contributed by atoms with Gasteiger partial charge >= 0.3 is 5.97 Å². The van der Waals surface area contributed by atoms with Crippen LogP contribution in [0.2, 0.25) is 0 Å². The number of methoxy groups -OCH3 is 1. The van der Waals surface area contributed by atoms with Crippen LogP contribution in [0.3, 0.4) is 0 Å². The molecule has 0 spiro atoms. The predicted octanol–water partition coefficient (Wildman–Crippen LogP) is 2.55. The van der Waals surface area contributed by atoms with Crippen molar-refractivity contribution < 1.29 is 14.3 Å². The summed E-state index contributed by atoms with van der Waals surface area (Å²) in [5.41, 5.74) is 0.711. The largest absolute Gasteiger partial charge is 0.491 e. The quantitative estimate of drug-likeness (QED) is 0.464. The topological polar surface area (TPSA) is 59.3 Å². The van der Waals surface area contributed by atoms with Gasteiger partial charge in [0.2, 0.25) is 0 Å². The van der Waals surface area contributed by atoms with E-state index in [-0.39, 0.29) is 11.7 Å². The maximum absolute atomic E-state index is 11.2. The van der Waals surface area contributed by atoms with E-state index in [4.69, 9.17) is 10.00 Å². The molecule has 0 N–H and O–H groups in total. The molecule has 0 heterocycles. The van der Waals surface area contributed by atoms with Gasteiger partial charge in [0.05, 0.1) is 13.2 Å². The Bertz CT molecular complexity index is 481. The van der Waals surface area contributed by atoms with Gasteiger partial charge in [0.25, 0.3) is 0 Å². The number of ether oxygens (including phenoxy) is 2. The second-order valence-electron chi connectivity index (χ2n) is 3.90. The Hall–Kier alpha value is -2.28. The number of hydrogen-bond donors (Lipinski definition) is 0. The Labute approximate surface area is 106 Å². The van der Waals surface area contributed by atoms with Crippen LogP contribution >= 0.6 is 0 Å². The van der Waals surface area contributed by atoms with Crippen LogP contribution in [0.15, 0.2) is 29.8 Å². The highest BCUT2D eigenvalue weighted by atomic mass is 16.5. The highest BCUT2D eigenvalue weighted by Crippen LogP contribution is 2.16. The van der Waals surface area contributed by atoms with E-state index in [2.05, 4.69) is 4.74 Å². The third-order valence-corrected chi connectivity index (χ3v) is 2.09. The second-order valence-corrected chi connectivity index (χ2v) is 3.90. The lowest BCUT2D eigenvalue weighted by atomic mass is 10.1. The fourth-order valence-electron chi connectivity index (χ4n) is 1.33.